The Balaban J connectivity index is 0.000000791. The highest BCUT2D eigenvalue weighted by atomic mass is 16.7. The maximum absolute atomic E-state index is 9.45. The molecule has 0 spiro atoms. The highest BCUT2D eigenvalue weighted by Gasteiger charge is 2.48. The Morgan fingerprint density at radius 1 is 1.07 bits per heavy atom. The van der Waals surface area contributed by atoms with E-state index in [2.05, 4.69) is 0 Å². The van der Waals surface area contributed by atoms with Crippen molar-refractivity contribution in [1.29, 1.82) is 0 Å². The molecular weight excluding hydrogens is 188 g/mol. The molecule has 0 aromatic rings. The van der Waals surface area contributed by atoms with Gasteiger partial charge in [-0.3, -0.25) is 0 Å². The number of methoxy groups -OCH3 is 2. The van der Waals surface area contributed by atoms with Crippen LogP contribution in [0, 0.1) is 0 Å². The summed E-state index contributed by atoms with van der Waals surface area (Å²) in [5.41, 5.74) is 0. The molecule has 0 bridgehead atoms. The molecule has 0 aromatic carbocycles. The Labute approximate surface area is 82.3 Å². The van der Waals surface area contributed by atoms with E-state index in [1.165, 1.54) is 32.4 Å². The number of allylic oxidation sites excluding steroid dienone is 2. The lowest BCUT2D eigenvalue weighted by molar-refractivity contribution is -0.328. The molecule has 14 heavy (non-hydrogen) atoms. The summed E-state index contributed by atoms with van der Waals surface area (Å²) in [7, 11) is 2.68. The molecule has 5 nitrogen and oxygen atoms in total. The van der Waals surface area contributed by atoms with E-state index >= 15 is 0 Å². The number of rotatable bonds is 2. The van der Waals surface area contributed by atoms with Crippen molar-refractivity contribution in [3.05, 3.63) is 24.3 Å². The zero-order valence-electron chi connectivity index (χ0n) is 8.14. The van der Waals surface area contributed by atoms with Gasteiger partial charge in [0.1, 0.15) is 6.79 Å². The third-order valence-electron chi connectivity index (χ3n) is 1.87. The van der Waals surface area contributed by atoms with E-state index in [0.29, 0.717) is 0 Å². The number of hydrogen-bond donors (Lipinski definition) is 2. The summed E-state index contributed by atoms with van der Waals surface area (Å²) in [4.78, 5) is 8.00. The quantitative estimate of drug-likeness (QED) is 0.596. The summed E-state index contributed by atoms with van der Waals surface area (Å²) in [6.07, 6.45) is 5.76. The van der Waals surface area contributed by atoms with Gasteiger partial charge in [0.2, 0.25) is 11.6 Å². The molecule has 2 N–H and O–H groups in total. The number of carbonyl (C=O) groups excluding carboxylic acids is 1. The first-order chi connectivity index (χ1) is 6.58. The van der Waals surface area contributed by atoms with Crippen molar-refractivity contribution in [2.24, 2.45) is 0 Å². The molecule has 0 radical (unpaired) electrons. The van der Waals surface area contributed by atoms with Crippen LogP contribution in [0.15, 0.2) is 24.3 Å². The normalized spacial score (nSPS) is 21.1. The predicted octanol–water partition coefficient (Wildman–Crippen LogP) is -0.402. The lowest BCUT2D eigenvalue weighted by atomic mass is 10.0. The third-order valence-corrected chi connectivity index (χ3v) is 1.87. The molecule has 0 atom stereocenters. The van der Waals surface area contributed by atoms with Gasteiger partial charge in [0.25, 0.3) is 0 Å². The molecule has 80 valence electrons. The van der Waals surface area contributed by atoms with Crippen LogP contribution in [-0.2, 0) is 14.3 Å². The second-order valence-corrected chi connectivity index (χ2v) is 2.52. The minimum Gasteiger partial charge on any atom is -0.358 e. The van der Waals surface area contributed by atoms with Gasteiger partial charge in [0.05, 0.1) is 0 Å². The summed E-state index contributed by atoms with van der Waals surface area (Å²) in [6, 6.07) is 0. The zero-order chi connectivity index (χ0) is 11.2. The first kappa shape index (κ1) is 13.0. The molecule has 0 saturated carbocycles. The average molecular weight is 202 g/mol. The van der Waals surface area contributed by atoms with Gasteiger partial charge >= 0.3 is 0 Å². The van der Waals surface area contributed by atoms with Gasteiger partial charge in [-0.15, -0.1) is 0 Å². The molecule has 0 fully saturated rings. The summed E-state index contributed by atoms with van der Waals surface area (Å²) in [6.45, 7) is 2.00. The molecule has 5 heteroatoms. The fraction of sp³-hybridized carbons (Fsp3) is 0.444. The van der Waals surface area contributed by atoms with Crippen molar-refractivity contribution < 1.29 is 24.5 Å². The average Bonchev–Trinajstić information content (AvgIpc) is 2.21. The second kappa shape index (κ2) is 5.02. The fourth-order valence-electron chi connectivity index (χ4n) is 1.13. The topological polar surface area (TPSA) is 76.0 Å². The highest BCUT2D eigenvalue weighted by Crippen LogP contribution is 2.30. The lowest BCUT2D eigenvalue weighted by Gasteiger charge is -2.38. The minimum atomic E-state index is -2.12. The molecular formula is C9H14O5. The van der Waals surface area contributed by atoms with Crippen LogP contribution in [0.5, 0.6) is 0 Å². The van der Waals surface area contributed by atoms with Crippen LogP contribution in [0.4, 0.5) is 0 Å². The molecule has 0 amide bonds. The highest BCUT2D eigenvalue weighted by molar-refractivity contribution is 5.23. The Morgan fingerprint density at radius 3 is 1.79 bits per heavy atom. The summed E-state index contributed by atoms with van der Waals surface area (Å²) < 4.78 is 9.77. The van der Waals surface area contributed by atoms with Gasteiger partial charge in [0, 0.05) is 14.2 Å². The Hall–Kier alpha value is -1.01. The molecule has 1 aliphatic rings. The largest absolute Gasteiger partial charge is 0.358 e. The van der Waals surface area contributed by atoms with E-state index in [4.69, 9.17) is 14.3 Å². The number of hydrogen-bond acceptors (Lipinski definition) is 5. The van der Waals surface area contributed by atoms with Crippen LogP contribution >= 0.6 is 0 Å². The van der Waals surface area contributed by atoms with Crippen LogP contribution in [-0.4, -0.2) is 42.8 Å². The molecule has 0 heterocycles. The van der Waals surface area contributed by atoms with Crippen LogP contribution in [0.3, 0.4) is 0 Å². The molecule has 0 saturated heterocycles. The van der Waals surface area contributed by atoms with E-state index in [1.54, 1.807) is 6.08 Å². The monoisotopic (exact) mass is 202 g/mol. The van der Waals surface area contributed by atoms with Crippen molar-refractivity contribution in [2.75, 3.05) is 14.2 Å². The van der Waals surface area contributed by atoms with E-state index in [9.17, 15) is 10.2 Å². The second-order valence-electron chi connectivity index (χ2n) is 2.52. The maximum Gasteiger partial charge on any atom is 0.247 e. The van der Waals surface area contributed by atoms with Crippen molar-refractivity contribution in [1.82, 2.24) is 0 Å². The van der Waals surface area contributed by atoms with Gasteiger partial charge in [-0.25, -0.2) is 0 Å². The Bertz CT molecular complexity index is 227. The van der Waals surface area contributed by atoms with Crippen LogP contribution < -0.4 is 0 Å². The molecule has 1 aliphatic carbocycles. The summed E-state index contributed by atoms with van der Waals surface area (Å²) in [5, 5.41) is 18.9. The summed E-state index contributed by atoms with van der Waals surface area (Å²) >= 11 is 0. The van der Waals surface area contributed by atoms with Crippen molar-refractivity contribution in [3.8, 4) is 0 Å². The van der Waals surface area contributed by atoms with Gasteiger partial charge in [-0.05, 0) is 12.2 Å². The number of ether oxygens (including phenoxy) is 2. The van der Waals surface area contributed by atoms with E-state index in [-0.39, 0.29) is 0 Å². The van der Waals surface area contributed by atoms with E-state index in [0.717, 1.165) is 0 Å². The minimum absolute atomic E-state index is 1.19. The molecule has 1 rings (SSSR count). The molecule has 0 unspecified atom stereocenters. The summed E-state index contributed by atoms with van der Waals surface area (Å²) in [5.74, 6) is -3.62. The standard InChI is InChI=1S/C8H12O4.CH2O/c1-11-8(12-2)6-4-3-5-7(8,9)10;1-2/h3-6,9-10H,1-2H3;1H2. The van der Waals surface area contributed by atoms with Crippen LogP contribution in [0.25, 0.3) is 0 Å². The number of carbonyl (C=O) groups is 1. The molecule has 0 aliphatic heterocycles. The van der Waals surface area contributed by atoms with Crippen molar-refractivity contribution in [3.63, 3.8) is 0 Å². The SMILES string of the molecule is C=O.COC1(OC)C=CC=CC1(O)O. The molecule has 0 aromatic heterocycles. The third kappa shape index (κ3) is 2.08. The van der Waals surface area contributed by atoms with Gasteiger partial charge in [-0.1, -0.05) is 12.2 Å². The van der Waals surface area contributed by atoms with Gasteiger partial charge < -0.3 is 24.5 Å². The van der Waals surface area contributed by atoms with Crippen molar-refractivity contribution in [2.45, 2.75) is 11.6 Å². The smallest absolute Gasteiger partial charge is 0.247 e. The van der Waals surface area contributed by atoms with E-state index in [1.807, 2.05) is 6.79 Å². The first-order valence-corrected chi connectivity index (χ1v) is 3.79. The Kier molecular flexibility index (Phi) is 4.65. The lowest BCUT2D eigenvalue weighted by Crippen LogP contribution is -2.55. The van der Waals surface area contributed by atoms with Crippen LogP contribution in [0.1, 0.15) is 0 Å². The Morgan fingerprint density at radius 2 is 1.50 bits per heavy atom. The maximum atomic E-state index is 9.45. The fourth-order valence-corrected chi connectivity index (χ4v) is 1.13. The number of aliphatic hydroxyl groups is 2. The van der Waals surface area contributed by atoms with Gasteiger partial charge in [0.15, 0.2) is 0 Å². The zero-order valence-corrected chi connectivity index (χ0v) is 8.14. The predicted molar refractivity (Wildman–Crippen MR) is 49.3 cm³/mol. The first-order valence-electron chi connectivity index (χ1n) is 3.79. The van der Waals surface area contributed by atoms with Crippen molar-refractivity contribution >= 4 is 6.79 Å². The van der Waals surface area contributed by atoms with Gasteiger partial charge in [-0.2, -0.15) is 0 Å². The van der Waals surface area contributed by atoms with E-state index < -0.39 is 11.6 Å². The van der Waals surface area contributed by atoms with Crippen LogP contribution in [0.2, 0.25) is 0 Å².